The van der Waals surface area contributed by atoms with Crippen molar-refractivity contribution >= 4 is 32.6 Å². The third-order valence-corrected chi connectivity index (χ3v) is 7.92. The minimum Gasteiger partial charge on any atom is -0.484 e. The van der Waals surface area contributed by atoms with Gasteiger partial charge in [-0.2, -0.15) is 4.31 Å². The summed E-state index contributed by atoms with van der Waals surface area (Å²) >= 11 is 0. The summed E-state index contributed by atoms with van der Waals surface area (Å²) in [5.74, 6) is 1.28. The molecule has 0 atom stereocenters. The quantitative estimate of drug-likeness (QED) is 0.593. The summed E-state index contributed by atoms with van der Waals surface area (Å²) in [5.41, 5.74) is 2.48. The molecule has 1 aromatic heterocycles. The lowest BCUT2D eigenvalue weighted by Crippen LogP contribution is -2.40. The second-order valence-electron chi connectivity index (χ2n) is 8.25. The zero-order valence-electron chi connectivity index (χ0n) is 18.2. The zero-order valence-corrected chi connectivity index (χ0v) is 19.0. The SMILES string of the molecule is O=C(COc1ccc2oc3c(c2c1)CCCC3)Nc1cccc(S(=O)(=O)N2CCOCC2)c1. The number of carbonyl (C=O) groups is 1. The van der Waals surface area contributed by atoms with Gasteiger partial charge >= 0.3 is 0 Å². The van der Waals surface area contributed by atoms with E-state index in [4.69, 9.17) is 13.9 Å². The van der Waals surface area contributed by atoms with E-state index in [9.17, 15) is 13.2 Å². The molecule has 0 radical (unpaired) electrons. The van der Waals surface area contributed by atoms with Crippen molar-refractivity contribution in [2.24, 2.45) is 0 Å². The van der Waals surface area contributed by atoms with Gasteiger partial charge in [0.15, 0.2) is 6.61 Å². The fourth-order valence-corrected chi connectivity index (χ4v) is 5.80. The fourth-order valence-electron chi connectivity index (χ4n) is 4.35. The van der Waals surface area contributed by atoms with Gasteiger partial charge in [0.25, 0.3) is 5.91 Å². The predicted octanol–water partition coefficient (Wildman–Crippen LogP) is 3.35. The van der Waals surface area contributed by atoms with Gasteiger partial charge in [-0.25, -0.2) is 8.42 Å². The van der Waals surface area contributed by atoms with E-state index in [1.54, 1.807) is 18.2 Å². The lowest BCUT2D eigenvalue weighted by atomic mass is 9.96. The van der Waals surface area contributed by atoms with Gasteiger partial charge in [0, 0.05) is 36.1 Å². The number of amides is 1. The molecule has 8 nitrogen and oxygen atoms in total. The van der Waals surface area contributed by atoms with Gasteiger partial charge in [0.05, 0.1) is 18.1 Å². The molecule has 1 aliphatic carbocycles. The Labute approximate surface area is 192 Å². The van der Waals surface area contributed by atoms with Gasteiger partial charge < -0.3 is 19.2 Å². The van der Waals surface area contributed by atoms with Crippen LogP contribution in [-0.4, -0.2) is 51.5 Å². The Morgan fingerprint density at radius 1 is 1.06 bits per heavy atom. The van der Waals surface area contributed by atoms with Crippen molar-refractivity contribution < 1.29 is 27.1 Å². The number of ether oxygens (including phenoxy) is 2. The topological polar surface area (TPSA) is 98.1 Å². The van der Waals surface area contributed by atoms with Crippen molar-refractivity contribution in [1.82, 2.24) is 4.31 Å². The summed E-state index contributed by atoms with van der Waals surface area (Å²) in [6, 6.07) is 11.8. The van der Waals surface area contributed by atoms with Crippen LogP contribution in [0, 0.1) is 0 Å². The Hall–Kier alpha value is -2.88. The average molecular weight is 471 g/mol. The molecular weight excluding hydrogens is 444 g/mol. The minimum absolute atomic E-state index is 0.137. The van der Waals surface area contributed by atoms with Gasteiger partial charge in [0.2, 0.25) is 10.0 Å². The van der Waals surface area contributed by atoms with E-state index in [1.807, 2.05) is 12.1 Å². The second-order valence-corrected chi connectivity index (χ2v) is 10.2. The van der Waals surface area contributed by atoms with E-state index in [1.165, 1.54) is 22.0 Å². The summed E-state index contributed by atoms with van der Waals surface area (Å²) in [6.45, 7) is 1.20. The largest absolute Gasteiger partial charge is 0.484 e. The van der Waals surface area contributed by atoms with Crippen LogP contribution in [0.15, 0.2) is 51.8 Å². The highest BCUT2D eigenvalue weighted by Gasteiger charge is 2.26. The Kier molecular flexibility index (Phi) is 6.09. The molecular formula is C24H26N2O6S. The second kappa shape index (κ2) is 9.17. The van der Waals surface area contributed by atoms with Gasteiger partial charge in [-0.15, -0.1) is 0 Å². The molecule has 2 aromatic carbocycles. The zero-order chi connectivity index (χ0) is 22.8. The molecule has 0 unspecified atom stereocenters. The van der Waals surface area contributed by atoms with Crippen LogP contribution in [0.3, 0.4) is 0 Å². The van der Waals surface area contributed by atoms with Crippen LogP contribution in [0.2, 0.25) is 0 Å². The van der Waals surface area contributed by atoms with E-state index in [0.29, 0.717) is 37.7 Å². The number of rotatable bonds is 6. The Bertz CT molecular complexity index is 1280. The standard InChI is InChI=1S/C24H26N2O6S/c27-24(16-31-18-8-9-23-21(15-18)20-6-1-2-7-22(20)32-23)25-17-4-3-5-19(14-17)33(28,29)26-10-12-30-13-11-26/h3-5,8-9,14-15H,1-2,6-7,10-13,16H2,(H,25,27). The molecule has 0 spiro atoms. The summed E-state index contributed by atoms with van der Waals surface area (Å²) < 4.78 is 44.0. The number of benzene rings is 2. The third kappa shape index (κ3) is 4.62. The first-order chi connectivity index (χ1) is 16.0. The number of morpholine rings is 1. The Morgan fingerprint density at radius 2 is 1.88 bits per heavy atom. The van der Waals surface area contributed by atoms with Crippen molar-refractivity contribution in [3.05, 3.63) is 53.8 Å². The first kappa shape index (κ1) is 21.9. The lowest BCUT2D eigenvalue weighted by Gasteiger charge is -2.26. The van der Waals surface area contributed by atoms with Crippen LogP contribution < -0.4 is 10.1 Å². The number of nitrogens with one attached hydrogen (secondary N) is 1. The van der Waals surface area contributed by atoms with Gasteiger partial charge in [0.1, 0.15) is 17.1 Å². The molecule has 9 heteroatoms. The monoisotopic (exact) mass is 470 g/mol. The highest BCUT2D eigenvalue weighted by molar-refractivity contribution is 7.89. The number of anilines is 1. The summed E-state index contributed by atoms with van der Waals surface area (Å²) in [5, 5.41) is 3.76. The highest BCUT2D eigenvalue weighted by atomic mass is 32.2. The van der Waals surface area contributed by atoms with Crippen molar-refractivity contribution in [3.63, 3.8) is 0 Å². The maximum absolute atomic E-state index is 12.8. The molecule has 0 bridgehead atoms. The smallest absolute Gasteiger partial charge is 0.262 e. The van der Waals surface area contributed by atoms with Crippen LogP contribution in [0.4, 0.5) is 5.69 Å². The Morgan fingerprint density at radius 3 is 2.73 bits per heavy atom. The number of fused-ring (bicyclic) bond motifs is 3. The van der Waals surface area contributed by atoms with Gasteiger partial charge in [-0.3, -0.25) is 4.79 Å². The number of nitrogens with zero attached hydrogens (tertiary/aromatic N) is 1. The Balaban J connectivity index is 1.24. The van der Waals surface area contributed by atoms with Crippen molar-refractivity contribution in [2.45, 2.75) is 30.6 Å². The van der Waals surface area contributed by atoms with Crippen LogP contribution in [0.1, 0.15) is 24.2 Å². The first-order valence-corrected chi connectivity index (χ1v) is 12.6. The van der Waals surface area contributed by atoms with Crippen LogP contribution in [0.5, 0.6) is 5.75 Å². The van der Waals surface area contributed by atoms with E-state index < -0.39 is 10.0 Å². The predicted molar refractivity (Wildman–Crippen MR) is 123 cm³/mol. The summed E-state index contributed by atoms with van der Waals surface area (Å²) in [7, 11) is -3.64. The number of aryl methyl sites for hydroxylation is 2. The molecule has 3 aromatic rings. The number of furan rings is 1. The van der Waals surface area contributed by atoms with Gasteiger partial charge in [-0.1, -0.05) is 6.07 Å². The molecule has 1 saturated heterocycles. The van der Waals surface area contributed by atoms with Crippen LogP contribution in [0.25, 0.3) is 11.0 Å². The maximum atomic E-state index is 12.8. The molecule has 0 saturated carbocycles. The first-order valence-electron chi connectivity index (χ1n) is 11.2. The fraction of sp³-hybridized carbons (Fsp3) is 0.375. The number of hydrogen-bond acceptors (Lipinski definition) is 6. The highest BCUT2D eigenvalue weighted by Crippen LogP contribution is 2.34. The number of carbonyl (C=O) groups excluding carboxylic acids is 1. The molecule has 2 aliphatic rings. The molecule has 1 amide bonds. The molecule has 2 heterocycles. The normalized spacial score (nSPS) is 17.0. The molecule has 1 fully saturated rings. The van der Waals surface area contributed by atoms with Crippen molar-refractivity contribution in [1.29, 1.82) is 0 Å². The lowest BCUT2D eigenvalue weighted by molar-refractivity contribution is -0.118. The molecule has 33 heavy (non-hydrogen) atoms. The van der Waals surface area contributed by atoms with E-state index in [-0.39, 0.29) is 17.4 Å². The van der Waals surface area contributed by atoms with E-state index in [2.05, 4.69) is 5.32 Å². The van der Waals surface area contributed by atoms with Crippen molar-refractivity contribution in [2.75, 3.05) is 38.2 Å². The maximum Gasteiger partial charge on any atom is 0.262 e. The third-order valence-electron chi connectivity index (χ3n) is 6.02. The van der Waals surface area contributed by atoms with Crippen LogP contribution >= 0.6 is 0 Å². The number of hydrogen-bond donors (Lipinski definition) is 1. The summed E-state index contributed by atoms with van der Waals surface area (Å²) in [6.07, 6.45) is 4.25. The minimum atomic E-state index is -3.64. The molecule has 174 valence electrons. The van der Waals surface area contributed by atoms with E-state index >= 15 is 0 Å². The van der Waals surface area contributed by atoms with Gasteiger partial charge in [-0.05, 0) is 55.7 Å². The molecule has 1 aliphatic heterocycles. The van der Waals surface area contributed by atoms with Crippen LogP contribution in [-0.2, 0) is 32.4 Å². The van der Waals surface area contributed by atoms with Crippen molar-refractivity contribution in [3.8, 4) is 5.75 Å². The average Bonchev–Trinajstić information content (AvgIpc) is 3.21. The molecule has 1 N–H and O–H groups in total. The number of sulfonamides is 1. The van der Waals surface area contributed by atoms with E-state index in [0.717, 1.165) is 42.4 Å². The molecule has 5 rings (SSSR count). The summed E-state index contributed by atoms with van der Waals surface area (Å²) in [4.78, 5) is 12.6.